The Morgan fingerprint density at radius 2 is 2.17 bits per heavy atom. The highest BCUT2D eigenvalue weighted by Crippen LogP contribution is 2.30. The summed E-state index contributed by atoms with van der Waals surface area (Å²) in [6, 6.07) is 0.0314. The minimum Gasteiger partial charge on any atom is -0.481 e. The Bertz CT molecular complexity index is 369. The van der Waals surface area contributed by atoms with Crippen molar-refractivity contribution >= 4 is 27.8 Å². The van der Waals surface area contributed by atoms with Gasteiger partial charge in [-0.25, -0.2) is 13.1 Å². The van der Waals surface area contributed by atoms with Gasteiger partial charge in [-0.15, -0.1) is 0 Å². The third-order valence-electron chi connectivity index (χ3n) is 2.94. The van der Waals surface area contributed by atoms with Crippen LogP contribution in [0.3, 0.4) is 0 Å². The summed E-state index contributed by atoms with van der Waals surface area (Å²) < 4.78 is 26.1. The molecule has 0 aromatic rings. The molecule has 1 rings (SSSR count). The van der Waals surface area contributed by atoms with Gasteiger partial charge in [0, 0.05) is 17.7 Å². The van der Waals surface area contributed by atoms with Gasteiger partial charge < -0.3 is 5.11 Å². The molecule has 0 saturated heterocycles. The van der Waals surface area contributed by atoms with E-state index < -0.39 is 16.0 Å². The maximum Gasteiger partial charge on any atom is 0.303 e. The third kappa shape index (κ3) is 6.06. The maximum absolute atomic E-state index is 11.7. The zero-order valence-corrected chi connectivity index (χ0v) is 12.2. The van der Waals surface area contributed by atoms with Crippen molar-refractivity contribution in [2.45, 2.75) is 50.3 Å². The molecule has 2 N–H and O–H groups in total. The minimum atomic E-state index is -3.32. The van der Waals surface area contributed by atoms with Crippen molar-refractivity contribution in [2.24, 2.45) is 0 Å². The Morgan fingerprint density at radius 1 is 1.44 bits per heavy atom. The number of thioether (sulfide) groups is 1. The molecule has 1 aliphatic rings. The number of hydrogen-bond donors (Lipinski definition) is 2. The fraction of sp³-hybridized carbons (Fsp3) is 0.909. The molecule has 106 valence electrons. The SMILES string of the molecule is CCSC1CCC(NS(=O)(=O)CCCC(=O)O)C1. The van der Waals surface area contributed by atoms with Crippen LogP contribution in [0.15, 0.2) is 0 Å². The number of carboxylic acid groups (broad SMARTS) is 1. The highest BCUT2D eigenvalue weighted by Gasteiger charge is 2.27. The second-order valence-electron chi connectivity index (χ2n) is 4.52. The highest BCUT2D eigenvalue weighted by atomic mass is 32.2. The smallest absolute Gasteiger partial charge is 0.303 e. The lowest BCUT2D eigenvalue weighted by atomic mass is 10.3. The topological polar surface area (TPSA) is 83.5 Å². The van der Waals surface area contributed by atoms with E-state index in [2.05, 4.69) is 11.6 Å². The molecule has 0 radical (unpaired) electrons. The number of rotatable bonds is 8. The molecule has 18 heavy (non-hydrogen) atoms. The highest BCUT2D eigenvalue weighted by molar-refractivity contribution is 7.99. The molecule has 2 unspecified atom stereocenters. The molecule has 1 fully saturated rings. The first-order chi connectivity index (χ1) is 8.43. The molecule has 1 aliphatic carbocycles. The van der Waals surface area contributed by atoms with E-state index in [0.717, 1.165) is 25.0 Å². The molecule has 0 aromatic carbocycles. The van der Waals surface area contributed by atoms with Gasteiger partial charge in [0.2, 0.25) is 10.0 Å². The number of carboxylic acids is 1. The zero-order valence-electron chi connectivity index (χ0n) is 10.6. The monoisotopic (exact) mass is 295 g/mol. The molecule has 0 heterocycles. The van der Waals surface area contributed by atoms with Crippen LogP contribution >= 0.6 is 11.8 Å². The van der Waals surface area contributed by atoms with Gasteiger partial charge in [0.25, 0.3) is 0 Å². The zero-order chi connectivity index (χ0) is 13.6. The quantitative estimate of drug-likeness (QED) is 0.708. The van der Waals surface area contributed by atoms with Crippen molar-refractivity contribution < 1.29 is 18.3 Å². The summed E-state index contributed by atoms with van der Waals surface area (Å²) in [5.41, 5.74) is 0. The van der Waals surface area contributed by atoms with E-state index in [-0.39, 0.29) is 24.6 Å². The summed E-state index contributed by atoms with van der Waals surface area (Å²) in [7, 11) is -3.32. The van der Waals surface area contributed by atoms with Crippen molar-refractivity contribution in [3.8, 4) is 0 Å². The number of hydrogen-bond acceptors (Lipinski definition) is 4. The fourth-order valence-electron chi connectivity index (χ4n) is 2.16. The first-order valence-electron chi connectivity index (χ1n) is 6.26. The van der Waals surface area contributed by atoms with Crippen LogP contribution in [-0.4, -0.2) is 42.3 Å². The number of sulfonamides is 1. The summed E-state index contributed by atoms with van der Waals surface area (Å²) in [6.45, 7) is 2.11. The number of nitrogens with one attached hydrogen (secondary N) is 1. The van der Waals surface area contributed by atoms with Crippen molar-refractivity contribution in [3.63, 3.8) is 0 Å². The molecule has 0 aromatic heterocycles. The molecule has 0 bridgehead atoms. The van der Waals surface area contributed by atoms with Crippen LogP contribution in [0.4, 0.5) is 0 Å². The standard InChI is InChI=1S/C11H21NO4S2/c1-2-17-10-6-5-9(8-10)12-18(15,16)7-3-4-11(13)14/h9-10,12H,2-8H2,1H3,(H,13,14). The van der Waals surface area contributed by atoms with Gasteiger partial charge in [0.1, 0.15) is 0 Å². The molecular weight excluding hydrogens is 274 g/mol. The Labute approximate surface area is 113 Å². The Hall–Kier alpha value is -0.270. The number of carbonyl (C=O) groups is 1. The van der Waals surface area contributed by atoms with Crippen molar-refractivity contribution in [1.29, 1.82) is 0 Å². The Kier molecular flexibility index (Phi) is 6.45. The van der Waals surface area contributed by atoms with Crippen LogP contribution in [-0.2, 0) is 14.8 Å². The van der Waals surface area contributed by atoms with Crippen molar-refractivity contribution in [3.05, 3.63) is 0 Å². The second-order valence-corrected chi connectivity index (χ2v) is 7.97. The second kappa shape index (κ2) is 7.35. The van der Waals surface area contributed by atoms with E-state index in [4.69, 9.17) is 5.11 Å². The summed E-state index contributed by atoms with van der Waals surface area (Å²) in [6.07, 6.45) is 2.90. The van der Waals surface area contributed by atoms with Crippen LogP contribution in [0.1, 0.15) is 39.0 Å². The van der Waals surface area contributed by atoms with E-state index in [1.165, 1.54) is 0 Å². The average molecular weight is 295 g/mol. The molecule has 7 heteroatoms. The van der Waals surface area contributed by atoms with Gasteiger partial charge in [0.05, 0.1) is 5.75 Å². The molecule has 0 aliphatic heterocycles. The van der Waals surface area contributed by atoms with E-state index in [1.54, 1.807) is 0 Å². The average Bonchev–Trinajstić information content (AvgIpc) is 2.64. The first kappa shape index (κ1) is 15.8. The van der Waals surface area contributed by atoms with E-state index in [0.29, 0.717) is 5.25 Å². The van der Waals surface area contributed by atoms with Gasteiger partial charge in [0.15, 0.2) is 0 Å². The minimum absolute atomic E-state index is 0.0314. The summed E-state index contributed by atoms with van der Waals surface area (Å²) in [5, 5.41) is 9.03. The van der Waals surface area contributed by atoms with E-state index in [1.807, 2.05) is 11.8 Å². The summed E-state index contributed by atoms with van der Waals surface area (Å²) in [5.74, 6) is 0.00917. The predicted octanol–water partition coefficient (Wildman–Crippen LogP) is 1.44. The van der Waals surface area contributed by atoms with Crippen LogP contribution in [0.25, 0.3) is 0 Å². The van der Waals surface area contributed by atoms with Gasteiger partial charge >= 0.3 is 5.97 Å². The van der Waals surface area contributed by atoms with E-state index in [9.17, 15) is 13.2 Å². The van der Waals surface area contributed by atoms with Crippen molar-refractivity contribution in [2.75, 3.05) is 11.5 Å². The largest absolute Gasteiger partial charge is 0.481 e. The lowest BCUT2D eigenvalue weighted by Gasteiger charge is -2.13. The van der Waals surface area contributed by atoms with Crippen molar-refractivity contribution in [1.82, 2.24) is 4.72 Å². The van der Waals surface area contributed by atoms with Gasteiger partial charge in [-0.05, 0) is 31.4 Å². The number of aliphatic carboxylic acids is 1. The van der Waals surface area contributed by atoms with Crippen LogP contribution in [0.5, 0.6) is 0 Å². The van der Waals surface area contributed by atoms with Crippen LogP contribution in [0, 0.1) is 0 Å². The molecule has 1 saturated carbocycles. The summed E-state index contributed by atoms with van der Waals surface area (Å²) in [4.78, 5) is 10.3. The van der Waals surface area contributed by atoms with E-state index >= 15 is 0 Å². The molecule has 2 atom stereocenters. The van der Waals surface area contributed by atoms with Gasteiger partial charge in [-0.1, -0.05) is 6.92 Å². The Morgan fingerprint density at radius 3 is 2.78 bits per heavy atom. The Balaban J connectivity index is 2.30. The molecule has 0 spiro atoms. The molecular formula is C11H21NO4S2. The van der Waals surface area contributed by atoms with Crippen LogP contribution in [0.2, 0.25) is 0 Å². The lowest BCUT2D eigenvalue weighted by Crippen LogP contribution is -2.35. The lowest BCUT2D eigenvalue weighted by molar-refractivity contribution is -0.137. The fourth-order valence-corrected chi connectivity index (χ4v) is 4.67. The third-order valence-corrected chi connectivity index (χ3v) is 5.69. The van der Waals surface area contributed by atoms with Gasteiger partial charge in [-0.3, -0.25) is 4.79 Å². The molecule has 0 amide bonds. The predicted molar refractivity (Wildman–Crippen MR) is 73.4 cm³/mol. The molecule has 5 nitrogen and oxygen atoms in total. The summed E-state index contributed by atoms with van der Waals surface area (Å²) >= 11 is 1.88. The maximum atomic E-state index is 11.7. The first-order valence-corrected chi connectivity index (χ1v) is 8.96. The van der Waals surface area contributed by atoms with Gasteiger partial charge in [-0.2, -0.15) is 11.8 Å². The normalized spacial score (nSPS) is 24.3. The van der Waals surface area contributed by atoms with Crippen LogP contribution < -0.4 is 4.72 Å².